The van der Waals surface area contributed by atoms with Gasteiger partial charge >= 0.3 is 0 Å². The summed E-state index contributed by atoms with van der Waals surface area (Å²) < 4.78 is 0. The molecule has 4 nitrogen and oxygen atoms in total. The summed E-state index contributed by atoms with van der Waals surface area (Å²) in [4.78, 5) is 6.63. The molecule has 90 valence electrons. The zero-order valence-corrected chi connectivity index (χ0v) is 10.7. The Morgan fingerprint density at radius 1 is 1.38 bits per heavy atom. The van der Waals surface area contributed by atoms with Crippen LogP contribution in [0.5, 0.6) is 0 Å². The summed E-state index contributed by atoms with van der Waals surface area (Å²) in [5.41, 5.74) is 9.10. The molecule has 3 N–H and O–H groups in total. The molecule has 0 aliphatic rings. The Balaban J connectivity index is 2.77. The Bertz CT molecular complexity index is 347. The second-order valence-electron chi connectivity index (χ2n) is 4.34. The molecule has 0 bridgehead atoms. The molecule has 0 saturated heterocycles. The average Bonchev–Trinajstić information content (AvgIpc) is 2.16. The Morgan fingerprint density at radius 2 is 2.06 bits per heavy atom. The standard InChI is InChI=1S/C12H22N4/c1-9-7-10(2)15-12(11(9)8-13)14-5-6-16(3)4/h7H,5-6,8,13H2,1-4H3,(H,14,15). The van der Waals surface area contributed by atoms with Gasteiger partial charge in [0.2, 0.25) is 0 Å². The van der Waals surface area contributed by atoms with Crippen LogP contribution in [-0.4, -0.2) is 37.1 Å². The van der Waals surface area contributed by atoms with Gasteiger partial charge in [-0.3, -0.25) is 0 Å². The van der Waals surface area contributed by atoms with E-state index in [2.05, 4.69) is 42.3 Å². The van der Waals surface area contributed by atoms with Crippen LogP contribution < -0.4 is 11.1 Å². The maximum atomic E-state index is 5.74. The normalized spacial score (nSPS) is 10.9. The van der Waals surface area contributed by atoms with Crippen molar-refractivity contribution in [2.24, 2.45) is 5.73 Å². The molecule has 16 heavy (non-hydrogen) atoms. The van der Waals surface area contributed by atoms with Crippen LogP contribution in [-0.2, 0) is 6.54 Å². The van der Waals surface area contributed by atoms with Crippen LogP contribution in [0.4, 0.5) is 5.82 Å². The highest BCUT2D eigenvalue weighted by Crippen LogP contribution is 2.17. The van der Waals surface area contributed by atoms with Gasteiger partial charge in [0.1, 0.15) is 5.82 Å². The van der Waals surface area contributed by atoms with Gasteiger partial charge in [-0.1, -0.05) is 0 Å². The number of pyridine rings is 1. The number of hydrogen-bond donors (Lipinski definition) is 2. The third-order valence-electron chi connectivity index (χ3n) is 2.53. The fourth-order valence-electron chi connectivity index (χ4n) is 1.67. The minimum atomic E-state index is 0.531. The maximum absolute atomic E-state index is 5.74. The molecule has 0 radical (unpaired) electrons. The SMILES string of the molecule is Cc1cc(C)c(CN)c(NCCN(C)C)n1. The van der Waals surface area contributed by atoms with E-state index in [-0.39, 0.29) is 0 Å². The smallest absolute Gasteiger partial charge is 0.131 e. The van der Waals surface area contributed by atoms with Crippen molar-refractivity contribution in [3.05, 3.63) is 22.9 Å². The molecule has 1 rings (SSSR count). The second-order valence-corrected chi connectivity index (χ2v) is 4.34. The van der Waals surface area contributed by atoms with E-state index in [9.17, 15) is 0 Å². The van der Waals surface area contributed by atoms with Crippen LogP contribution in [0.1, 0.15) is 16.8 Å². The molecule has 0 unspecified atom stereocenters. The lowest BCUT2D eigenvalue weighted by molar-refractivity contribution is 0.425. The van der Waals surface area contributed by atoms with Gasteiger partial charge in [0.25, 0.3) is 0 Å². The van der Waals surface area contributed by atoms with Gasteiger partial charge in [0.15, 0.2) is 0 Å². The number of hydrogen-bond acceptors (Lipinski definition) is 4. The first kappa shape index (κ1) is 12.9. The number of nitrogens with two attached hydrogens (primary N) is 1. The summed E-state index contributed by atoms with van der Waals surface area (Å²) in [6, 6.07) is 2.07. The lowest BCUT2D eigenvalue weighted by Gasteiger charge is -2.15. The van der Waals surface area contributed by atoms with Crippen molar-refractivity contribution in [3.63, 3.8) is 0 Å². The number of anilines is 1. The zero-order valence-electron chi connectivity index (χ0n) is 10.7. The van der Waals surface area contributed by atoms with E-state index >= 15 is 0 Å². The second kappa shape index (κ2) is 5.82. The van der Waals surface area contributed by atoms with Gasteiger partial charge in [0.05, 0.1) is 0 Å². The topological polar surface area (TPSA) is 54.2 Å². The summed E-state index contributed by atoms with van der Waals surface area (Å²) in [7, 11) is 4.11. The average molecular weight is 222 g/mol. The first-order valence-corrected chi connectivity index (χ1v) is 5.60. The predicted molar refractivity (Wildman–Crippen MR) is 68.6 cm³/mol. The summed E-state index contributed by atoms with van der Waals surface area (Å²) in [5, 5.41) is 3.34. The van der Waals surface area contributed by atoms with E-state index in [0.717, 1.165) is 30.2 Å². The Morgan fingerprint density at radius 3 is 2.62 bits per heavy atom. The highest BCUT2D eigenvalue weighted by atomic mass is 15.1. The molecule has 0 spiro atoms. The van der Waals surface area contributed by atoms with Crippen molar-refractivity contribution < 1.29 is 0 Å². The van der Waals surface area contributed by atoms with Gasteiger partial charge in [-0.25, -0.2) is 4.98 Å². The van der Waals surface area contributed by atoms with Crippen molar-refractivity contribution in [3.8, 4) is 0 Å². The molecule has 0 aliphatic heterocycles. The molecule has 0 saturated carbocycles. The first-order chi connectivity index (χ1) is 7.54. The molecular formula is C12H22N4. The molecule has 0 fully saturated rings. The van der Waals surface area contributed by atoms with Crippen LogP contribution in [0.25, 0.3) is 0 Å². The van der Waals surface area contributed by atoms with Crippen LogP contribution in [0.3, 0.4) is 0 Å². The van der Waals surface area contributed by atoms with Gasteiger partial charge in [-0.15, -0.1) is 0 Å². The molecule has 0 amide bonds. The molecule has 1 heterocycles. The lowest BCUT2D eigenvalue weighted by Crippen LogP contribution is -2.22. The van der Waals surface area contributed by atoms with Crippen molar-refractivity contribution >= 4 is 5.82 Å². The number of nitrogens with one attached hydrogen (secondary N) is 1. The Kier molecular flexibility index (Phi) is 4.71. The van der Waals surface area contributed by atoms with Crippen LogP contribution in [0.15, 0.2) is 6.07 Å². The number of aromatic nitrogens is 1. The van der Waals surface area contributed by atoms with Gasteiger partial charge in [-0.05, 0) is 39.6 Å². The van der Waals surface area contributed by atoms with E-state index in [0.29, 0.717) is 6.54 Å². The van der Waals surface area contributed by atoms with Crippen LogP contribution in [0.2, 0.25) is 0 Å². The van der Waals surface area contributed by atoms with Crippen LogP contribution >= 0.6 is 0 Å². The molecule has 0 aromatic carbocycles. The zero-order chi connectivity index (χ0) is 12.1. The van der Waals surface area contributed by atoms with E-state index in [1.807, 2.05) is 6.92 Å². The molecule has 1 aromatic heterocycles. The van der Waals surface area contributed by atoms with Crippen LogP contribution in [0, 0.1) is 13.8 Å². The van der Waals surface area contributed by atoms with Crippen molar-refractivity contribution in [2.75, 3.05) is 32.5 Å². The first-order valence-electron chi connectivity index (χ1n) is 5.60. The highest BCUT2D eigenvalue weighted by Gasteiger charge is 2.06. The third-order valence-corrected chi connectivity index (χ3v) is 2.53. The monoisotopic (exact) mass is 222 g/mol. The minimum absolute atomic E-state index is 0.531. The number of nitrogens with zero attached hydrogens (tertiary/aromatic N) is 2. The number of rotatable bonds is 5. The number of likely N-dealkylation sites (N-methyl/N-ethyl adjacent to an activating group) is 1. The Labute approximate surface area is 97.9 Å². The van der Waals surface area contributed by atoms with E-state index in [1.165, 1.54) is 5.56 Å². The summed E-state index contributed by atoms with van der Waals surface area (Å²) in [6.07, 6.45) is 0. The molecule has 1 aromatic rings. The van der Waals surface area contributed by atoms with E-state index in [4.69, 9.17) is 5.73 Å². The highest BCUT2D eigenvalue weighted by molar-refractivity contribution is 5.49. The molecule has 4 heteroatoms. The fraction of sp³-hybridized carbons (Fsp3) is 0.583. The number of aryl methyl sites for hydroxylation is 2. The van der Waals surface area contributed by atoms with Gasteiger partial charge < -0.3 is 16.0 Å². The van der Waals surface area contributed by atoms with Crippen molar-refractivity contribution in [2.45, 2.75) is 20.4 Å². The predicted octanol–water partition coefficient (Wildman–Crippen LogP) is 1.13. The van der Waals surface area contributed by atoms with Crippen molar-refractivity contribution in [1.29, 1.82) is 0 Å². The van der Waals surface area contributed by atoms with E-state index in [1.54, 1.807) is 0 Å². The van der Waals surface area contributed by atoms with Crippen molar-refractivity contribution in [1.82, 2.24) is 9.88 Å². The van der Waals surface area contributed by atoms with Gasteiger partial charge in [0, 0.05) is 30.9 Å². The Hall–Kier alpha value is -1.13. The summed E-state index contributed by atoms with van der Waals surface area (Å²) >= 11 is 0. The molecule has 0 atom stereocenters. The summed E-state index contributed by atoms with van der Waals surface area (Å²) in [5.74, 6) is 0.932. The summed E-state index contributed by atoms with van der Waals surface area (Å²) in [6.45, 7) is 6.48. The third kappa shape index (κ3) is 3.47. The quantitative estimate of drug-likeness (QED) is 0.784. The molecular weight excluding hydrogens is 200 g/mol. The fourth-order valence-corrected chi connectivity index (χ4v) is 1.67. The molecule has 0 aliphatic carbocycles. The minimum Gasteiger partial charge on any atom is -0.369 e. The maximum Gasteiger partial charge on any atom is 0.131 e. The van der Waals surface area contributed by atoms with E-state index < -0.39 is 0 Å². The largest absolute Gasteiger partial charge is 0.369 e. The van der Waals surface area contributed by atoms with Gasteiger partial charge in [-0.2, -0.15) is 0 Å². The lowest BCUT2D eigenvalue weighted by atomic mass is 10.1.